The van der Waals surface area contributed by atoms with Gasteiger partial charge in [-0.2, -0.15) is 0 Å². The van der Waals surface area contributed by atoms with E-state index in [1.54, 1.807) is 0 Å². The molecule has 2 heteroatoms. The van der Waals surface area contributed by atoms with Gasteiger partial charge < -0.3 is 9.80 Å². The summed E-state index contributed by atoms with van der Waals surface area (Å²) in [6, 6.07) is 54.0. The minimum atomic E-state index is 1.11. The van der Waals surface area contributed by atoms with E-state index in [9.17, 15) is 0 Å². The van der Waals surface area contributed by atoms with E-state index in [0.29, 0.717) is 0 Å². The number of benzene rings is 6. The summed E-state index contributed by atoms with van der Waals surface area (Å²) in [6.45, 7) is 8.14. The van der Waals surface area contributed by atoms with E-state index in [4.69, 9.17) is 0 Å². The number of aryl methyl sites for hydroxylation is 2. The second-order valence-electron chi connectivity index (χ2n) is 10.6. The molecule has 0 aliphatic carbocycles. The first kappa shape index (κ1) is 26.9. The topological polar surface area (TPSA) is 6.48 Å². The van der Waals surface area contributed by atoms with Crippen molar-refractivity contribution in [1.29, 1.82) is 0 Å². The van der Waals surface area contributed by atoms with Crippen LogP contribution in [0.25, 0.3) is 17.2 Å². The summed E-state index contributed by atoms with van der Waals surface area (Å²) in [5, 5.41) is 0. The maximum absolute atomic E-state index is 3.90. The second kappa shape index (κ2) is 12.0. The molecule has 0 spiro atoms. The third-order valence-electron chi connectivity index (χ3n) is 7.57. The molecule has 0 saturated heterocycles. The third kappa shape index (κ3) is 5.75. The van der Waals surface area contributed by atoms with Gasteiger partial charge in [0.05, 0.1) is 0 Å². The number of anilines is 6. The Morgan fingerprint density at radius 3 is 1.05 bits per heavy atom. The van der Waals surface area contributed by atoms with Crippen LogP contribution in [0.4, 0.5) is 34.1 Å². The van der Waals surface area contributed by atoms with Crippen molar-refractivity contribution in [2.75, 3.05) is 9.80 Å². The highest BCUT2D eigenvalue weighted by Gasteiger charge is 2.14. The molecule has 6 aromatic carbocycles. The monoisotopic (exact) mass is 542 g/mol. The summed E-state index contributed by atoms with van der Waals surface area (Å²) in [5.41, 5.74) is 12.7. The summed E-state index contributed by atoms with van der Waals surface area (Å²) in [4.78, 5) is 4.59. The zero-order chi connectivity index (χ0) is 28.9. The number of para-hydroxylation sites is 1. The van der Waals surface area contributed by atoms with E-state index in [2.05, 4.69) is 182 Å². The molecule has 0 aromatic heterocycles. The number of hydrogen-bond donors (Lipinski definition) is 0. The third-order valence-corrected chi connectivity index (χ3v) is 7.57. The summed E-state index contributed by atoms with van der Waals surface area (Å²) in [5.74, 6) is 0. The Hall–Kier alpha value is -5.34. The molecular weight excluding hydrogens is 508 g/mol. The SMILES string of the molecule is C=Cc1ccc(N(c2ccc(C)cc2)c2ccc(-c3ccc(N(c4ccccc4)c4ccc(C)cc4)cc3)cc2)cc1. The van der Waals surface area contributed by atoms with Gasteiger partial charge in [-0.1, -0.05) is 103 Å². The highest BCUT2D eigenvalue weighted by molar-refractivity contribution is 5.81. The standard InChI is InChI=1S/C40H34N2/c1-4-32-14-24-38(25-15-32)42(37-22-12-31(3)13-23-37)40-28-18-34(19-29-40)33-16-26-39(27-17-33)41(35-8-6-5-7-9-35)36-20-10-30(2)11-21-36/h4-29H,1H2,2-3H3. The van der Waals surface area contributed by atoms with Gasteiger partial charge in [-0.3, -0.25) is 0 Å². The maximum atomic E-state index is 3.90. The van der Waals surface area contributed by atoms with Crippen LogP contribution >= 0.6 is 0 Å². The van der Waals surface area contributed by atoms with Crippen LogP contribution in [-0.2, 0) is 0 Å². The van der Waals surface area contributed by atoms with Gasteiger partial charge in [0.15, 0.2) is 0 Å². The predicted octanol–water partition coefficient (Wildman–Crippen LogP) is 11.6. The van der Waals surface area contributed by atoms with Crippen molar-refractivity contribution in [3.05, 3.63) is 175 Å². The largest absolute Gasteiger partial charge is 0.311 e. The number of nitrogens with zero attached hydrogens (tertiary/aromatic N) is 2. The van der Waals surface area contributed by atoms with Crippen LogP contribution in [0.15, 0.2) is 158 Å². The predicted molar refractivity (Wildman–Crippen MR) is 181 cm³/mol. The first-order valence-corrected chi connectivity index (χ1v) is 14.3. The average Bonchev–Trinajstić information content (AvgIpc) is 3.05. The van der Waals surface area contributed by atoms with Gasteiger partial charge in [0.25, 0.3) is 0 Å². The summed E-state index contributed by atoms with van der Waals surface area (Å²) in [6.07, 6.45) is 1.87. The lowest BCUT2D eigenvalue weighted by atomic mass is 10.0. The zero-order valence-electron chi connectivity index (χ0n) is 24.1. The fraction of sp³-hybridized carbons (Fsp3) is 0.0500. The highest BCUT2D eigenvalue weighted by atomic mass is 15.1. The van der Waals surface area contributed by atoms with Crippen molar-refractivity contribution < 1.29 is 0 Å². The molecule has 0 fully saturated rings. The van der Waals surface area contributed by atoms with Gasteiger partial charge in [-0.05, 0) is 103 Å². The Bertz CT molecular complexity index is 1750. The molecule has 0 N–H and O–H groups in total. The zero-order valence-corrected chi connectivity index (χ0v) is 24.1. The fourth-order valence-electron chi connectivity index (χ4n) is 5.22. The molecular formula is C40H34N2. The minimum Gasteiger partial charge on any atom is -0.311 e. The Morgan fingerprint density at radius 2 is 0.690 bits per heavy atom. The van der Waals surface area contributed by atoms with E-state index >= 15 is 0 Å². The van der Waals surface area contributed by atoms with Crippen LogP contribution in [0.1, 0.15) is 16.7 Å². The number of hydrogen-bond acceptors (Lipinski definition) is 2. The van der Waals surface area contributed by atoms with Gasteiger partial charge in [0.2, 0.25) is 0 Å². The van der Waals surface area contributed by atoms with E-state index in [1.165, 1.54) is 22.3 Å². The molecule has 6 aromatic rings. The molecule has 0 saturated carbocycles. The Morgan fingerprint density at radius 1 is 0.381 bits per heavy atom. The second-order valence-corrected chi connectivity index (χ2v) is 10.6. The van der Waals surface area contributed by atoms with E-state index in [1.807, 2.05) is 6.08 Å². The summed E-state index contributed by atoms with van der Waals surface area (Å²) in [7, 11) is 0. The summed E-state index contributed by atoms with van der Waals surface area (Å²) < 4.78 is 0. The molecule has 204 valence electrons. The quantitative estimate of drug-likeness (QED) is 0.189. The molecule has 2 nitrogen and oxygen atoms in total. The van der Waals surface area contributed by atoms with Crippen molar-refractivity contribution in [3.8, 4) is 11.1 Å². The van der Waals surface area contributed by atoms with Gasteiger partial charge in [-0.25, -0.2) is 0 Å². The molecule has 0 radical (unpaired) electrons. The highest BCUT2D eigenvalue weighted by Crippen LogP contribution is 2.38. The fourth-order valence-corrected chi connectivity index (χ4v) is 5.22. The summed E-state index contributed by atoms with van der Waals surface area (Å²) >= 11 is 0. The normalized spacial score (nSPS) is 10.7. The molecule has 42 heavy (non-hydrogen) atoms. The van der Waals surface area contributed by atoms with Crippen LogP contribution in [0.5, 0.6) is 0 Å². The lowest BCUT2D eigenvalue weighted by Crippen LogP contribution is -2.10. The molecule has 0 bridgehead atoms. The van der Waals surface area contributed by atoms with Crippen LogP contribution in [0.2, 0.25) is 0 Å². The molecule has 0 aliphatic rings. The molecule has 0 amide bonds. The first-order chi connectivity index (χ1) is 20.6. The smallest absolute Gasteiger partial charge is 0.0462 e. The lowest BCUT2D eigenvalue weighted by Gasteiger charge is -2.26. The molecule has 0 heterocycles. The van der Waals surface area contributed by atoms with Crippen molar-refractivity contribution in [2.24, 2.45) is 0 Å². The van der Waals surface area contributed by atoms with Crippen LogP contribution in [0, 0.1) is 13.8 Å². The van der Waals surface area contributed by atoms with Crippen LogP contribution in [-0.4, -0.2) is 0 Å². The van der Waals surface area contributed by atoms with Crippen molar-refractivity contribution in [1.82, 2.24) is 0 Å². The van der Waals surface area contributed by atoms with E-state index in [-0.39, 0.29) is 0 Å². The van der Waals surface area contributed by atoms with E-state index < -0.39 is 0 Å². The maximum Gasteiger partial charge on any atom is 0.0462 e. The Balaban J connectivity index is 1.31. The van der Waals surface area contributed by atoms with Crippen LogP contribution in [0.3, 0.4) is 0 Å². The van der Waals surface area contributed by atoms with Crippen molar-refractivity contribution >= 4 is 40.2 Å². The molecule has 0 atom stereocenters. The van der Waals surface area contributed by atoms with Crippen molar-refractivity contribution in [2.45, 2.75) is 13.8 Å². The average molecular weight is 543 g/mol. The van der Waals surface area contributed by atoms with Crippen molar-refractivity contribution in [3.63, 3.8) is 0 Å². The Kier molecular flexibility index (Phi) is 7.70. The van der Waals surface area contributed by atoms with Gasteiger partial charge in [-0.15, -0.1) is 0 Å². The van der Waals surface area contributed by atoms with Gasteiger partial charge in [0.1, 0.15) is 0 Å². The van der Waals surface area contributed by atoms with Gasteiger partial charge >= 0.3 is 0 Å². The molecule has 6 rings (SSSR count). The van der Waals surface area contributed by atoms with Crippen LogP contribution < -0.4 is 9.80 Å². The van der Waals surface area contributed by atoms with E-state index in [0.717, 1.165) is 39.7 Å². The first-order valence-electron chi connectivity index (χ1n) is 14.3. The minimum absolute atomic E-state index is 1.11. The Labute approximate surface area is 249 Å². The van der Waals surface area contributed by atoms with Gasteiger partial charge in [0, 0.05) is 34.1 Å². The number of rotatable bonds is 8. The molecule has 0 aliphatic heterocycles. The lowest BCUT2D eigenvalue weighted by molar-refractivity contribution is 1.27. The molecule has 0 unspecified atom stereocenters.